The van der Waals surface area contributed by atoms with Crippen molar-refractivity contribution in [3.63, 3.8) is 0 Å². The lowest BCUT2D eigenvalue weighted by atomic mass is 9.89. The van der Waals surface area contributed by atoms with Gasteiger partial charge < -0.3 is 31.7 Å². The number of methoxy groups -OCH3 is 1. The van der Waals surface area contributed by atoms with Crippen LogP contribution in [0.15, 0.2) is 60.9 Å². The molecule has 8 N–H and O–H groups in total. The van der Waals surface area contributed by atoms with E-state index in [2.05, 4.69) is 45.2 Å². The Morgan fingerprint density at radius 1 is 1.11 bits per heavy atom. The Kier molecular flexibility index (Phi) is 7.11. The van der Waals surface area contributed by atoms with Gasteiger partial charge in [0.15, 0.2) is 17.3 Å². The molecule has 4 aromatic rings. The smallest absolute Gasteiger partial charge is 0.165 e. The van der Waals surface area contributed by atoms with Crippen LogP contribution in [0.25, 0.3) is 0 Å². The zero-order valence-electron chi connectivity index (χ0n) is 20.8. The number of hydrazine groups is 1. The van der Waals surface area contributed by atoms with Crippen LogP contribution < -0.4 is 37.5 Å². The molecule has 0 fully saturated rings. The van der Waals surface area contributed by atoms with Crippen molar-refractivity contribution in [2.75, 3.05) is 30.5 Å². The molecule has 0 saturated heterocycles. The van der Waals surface area contributed by atoms with E-state index in [0.29, 0.717) is 48.5 Å². The zero-order valence-corrected chi connectivity index (χ0v) is 20.8. The normalized spacial score (nSPS) is 15.9. The lowest BCUT2D eigenvalue weighted by Gasteiger charge is -2.20. The van der Waals surface area contributed by atoms with Crippen LogP contribution in [-0.2, 0) is 19.7 Å². The molecule has 5 rings (SSSR count). The van der Waals surface area contributed by atoms with Crippen molar-refractivity contribution in [3.05, 3.63) is 88.7 Å². The van der Waals surface area contributed by atoms with E-state index in [0.717, 1.165) is 40.8 Å². The maximum absolute atomic E-state index is 6.46. The summed E-state index contributed by atoms with van der Waals surface area (Å²) < 4.78 is 13.6. The van der Waals surface area contributed by atoms with Crippen molar-refractivity contribution in [1.29, 1.82) is 0 Å². The highest BCUT2D eigenvalue weighted by atomic mass is 16.5. The molecule has 0 saturated carbocycles. The van der Waals surface area contributed by atoms with Crippen molar-refractivity contribution in [2.24, 2.45) is 5.84 Å². The molecular weight excluding hydrogens is 468 g/mol. The third-order valence-electron chi connectivity index (χ3n) is 6.58. The largest absolute Gasteiger partial charge is 0.493 e. The van der Waals surface area contributed by atoms with E-state index in [1.165, 1.54) is 0 Å². The molecule has 3 heterocycles. The molecular formula is C27H32N8O2. The molecule has 0 radical (unpaired) electrons. The first-order chi connectivity index (χ1) is 18.0. The number of nitrogens with two attached hydrogens (primary N) is 3. The van der Waals surface area contributed by atoms with Gasteiger partial charge in [0.25, 0.3) is 0 Å². The number of hydrogen-bond acceptors (Lipinski definition) is 9. The Balaban J connectivity index is 1.52. The molecule has 10 nitrogen and oxygen atoms in total. The lowest BCUT2D eigenvalue weighted by molar-refractivity contribution is 0.284. The molecule has 1 atom stereocenters. The fourth-order valence-corrected chi connectivity index (χ4v) is 4.73. The predicted molar refractivity (Wildman–Crippen MR) is 144 cm³/mol. The first-order valence-electron chi connectivity index (χ1n) is 12.2. The molecule has 2 aromatic heterocycles. The molecule has 0 spiro atoms. The van der Waals surface area contributed by atoms with E-state index in [-0.39, 0.29) is 5.92 Å². The summed E-state index contributed by atoms with van der Waals surface area (Å²) >= 11 is 0. The van der Waals surface area contributed by atoms with Gasteiger partial charge in [-0.05, 0) is 59.0 Å². The third kappa shape index (κ3) is 5.45. The van der Waals surface area contributed by atoms with E-state index in [1.807, 2.05) is 41.2 Å². The summed E-state index contributed by atoms with van der Waals surface area (Å²) in [5.41, 5.74) is 20.8. The van der Waals surface area contributed by atoms with Gasteiger partial charge in [0.2, 0.25) is 0 Å². The molecule has 1 aliphatic heterocycles. The topological polar surface area (TPSA) is 151 Å². The number of fused-ring (bicyclic) bond motifs is 6. The second-order valence-corrected chi connectivity index (χ2v) is 9.13. The third-order valence-corrected chi connectivity index (χ3v) is 6.58. The van der Waals surface area contributed by atoms with Gasteiger partial charge in [-0.1, -0.05) is 30.3 Å². The van der Waals surface area contributed by atoms with Gasteiger partial charge in [0.1, 0.15) is 12.4 Å². The van der Waals surface area contributed by atoms with Gasteiger partial charge in [-0.2, -0.15) is 5.10 Å². The molecule has 1 unspecified atom stereocenters. The van der Waals surface area contributed by atoms with Crippen molar-refractivity contribution in [1.82, 2.24) is 20.1 Å². The van der Waals surface area contributed by atoms with Gasteiger partial charge in [0, 0.05) is 18.7 Å². The zero-order chi connectivity index (χ0) is 25.8. The molecule has 37 heavy (non-hydrogen) atoms. The Labute approximate surface area is 215 Å². The number of benzene rings is 2. The molecule has 1 aliphatic rings. The highest BCUT2D eigenvalue weighted by Crippen LogP contribution is 2.36. The summed E-state index contributed by atoms with van der Waals surface area (Å²) in [6.07, 6.45) is 4.71. The van der Waals surface area contributed by atoms with Gasteiger partial charge >= 0.3 is 0 Å². The van der Waals surface area contributed by atoms with Crippen molar-refractivity contribution < 1.29 is 9.47 Å². The Hall–Kier alpha value is -4.28. The number of anilines is 3. The van der Waals surface area contributed by atoms with Crippen LogP contribution in [0.5, 0.6) is 11.5 Å². The maximum Gasteiger partial charge on any atom is 0.165 e. The van der Waals surface area contributed by atoms with Crippen molar-refractivity contribution in [3.8, 4) is 11.5 Å². The Bertz CT molecular complexity index is 1390. The Morgan fingerprint density at radius 2 is 1.97 bits per heavy atom. The summed E-state index contributed by atoms with van der Waals surface area (Å²) in [5, 5.41) is 8.19. The minimum Gasteiger partial charge on any atom is -0.493 e. The minimum absolute atomic E-state index is 0.0598. The van der Waals surface area contributed by atoms with Crippen molar-refractivity contribution >= 4 is 17.3 Å². The lowest BCUT2D eigenvalue weighted by Crippen LogP contribution is -2.19. The second kappa shape index (κ2) is 10.8. The van der Waals surface area contributed by atoms with Gasteiger partial charge in [-0.25, -0.2) is 10.8 Å². The molecule has 0 amide bonds. The number of ether oxygens (including phenoxy) is 2. The van der Waals surface area contributed by atoms with E-state index < -0.39 is 0 Å². The number of nitrogens with one attached hydrogen (secondary N) is 2. The summed E-state index contributed by atoms with van der Waals surface area (Å²) in [6, 6.07) is 16.1. The first kappa shape index (κ1) is 24.4. The van der Waals surface area contributed by atoms with Gasteiger partial charge in [-0.15, -0.1) is 0 Å². The standard InChI is InChI=1S/C27H32N8O2/c1-36-23-6-5-17-10-24(23)37-16-19-4-2-3-18(9-19)14-35-15-20(13-32-35)21(7-8-31-12-17)22-11-25(28)33-27(34-30)26(22)29/h2-6,9-11,13,15,21,31H,7-8,12,14,16,29-30H2,1H3,(H3,28,33,34). The van der Waals surface area contributed by atoms with Gasteiger partial charge in [0.05, 0.1) is 25.5 Å². The second-order valence-electron chi connectivity index (χ2n) is 9.13. The van der Waals surface area contributed by atoms with Crippen LogP contribution in [0, 0.1) is 0 Å². The minimum atomic E-state index is -0.0598. The molecule has 0 aliphatic carbocycles. The van der Waals surface area contributed by atoms with Crippen LogP contribution in [0.2, 0.25) is 0 Å². The molecule has 10 heteroatoms. The SMILES string of the molecule is COc1ccc2cc1OCc1cccc(c1)Cn1cc(cn1)C(c1cc(N)nc(NN)c1N)CCNC2. The Morgan fingerprint density at radius 3 is 2.81 bits per heavy atom. The molecule has 2 aromatic carbocycles. The number of aromatic nitrogens is 3. The van der Waals surface area contributed by atoms with E-state index in [4.69, 9.17) is 26.8 Å². The quantitative estimate of drug-likeness (QED) is 0.211. The number of hydrogen-bond donors (Lipinski definition) is 5. The van der Waals surface area contributed by atoms with Crippen LogP contribution in [-0.4, -0.2) is 28.4 Å². The highest BCUT2D eigenvalue weighted by Gasteiger charge is 2.22. The maximum atomic E-state index is 6.46. The summed E-state index contributed by atoms with van der Waals surface area (Å²) in [7, 11) is 1.65. The fourth-order valence-electron chi connectivity index (χ4n) is 4.73. The fraction of sp³-hybridized carbons (Fsp3) is 0.259. The number of nitrogens with zero attached hydrogens (tertiary/aromatic N) is 3. The number of pyridine rings is 1. The van der Waals surface area contributed by atoms with Crippen LogP contribution in [0.3, 0.4) is 0 Å². The number of nitrogen functional groups attached to an aromatic ring is 3. The van der Waals surface area contributed by atoms with E-state index in [1.54, 1.807) is 7.11 Å². The van der Waals surface area contributed by atoms with E-state index in [9.17, 15) is 0 Å². The molecule has 192 valence electrons. The highest BCUT2D eigenvalue weighted by molar-refractivity contribution is 5.70. The average Bonchev–Trinajstić information content (AvgIpc) is 3.36. The predicted octanol–water partition coefficient (Wildman–Crippen LogP) is 2.99. The average molecular weight is 501 g/mol. The summed E-state index contributed by atoms with van der Waals surface area (Å²) in [4.78, 5) is 4.22. The molecule has 6 bridgehead atoms. The monoisotopic (exact) mass is 500 g/mol. The first-order valence-corrected chi connectivity index (χ1v) is 12.2. The van der Waals surface area contributed by atoms with Crippen LogP contribution >= 0.6 is 0 Å². The van der Waals surface area contributed by atoms with E-state index >= 15 is 0 Å². The van der Waals surface area contributed by atoms with Crippen molar-refractivity contribution in [2.45, 2.75) is 32.0 Å². The number of rotatable bonds is 3. The van der Waals surface area contributed by atoms with Gasteiger partial charge in [-0.3, -0.25) is 4.68 Å². The van der Waals surface area contributed by atoms with Crippen LogP contribution in [0.4, 0.5) is 17.3 Å². The summed E-state index contributed by atoms with van der Waals surface area (Å²) in [5.74, 6) is 7.73. The van der Waals surface area contributed by atoms with Crippen LogP contribution in [0.1, 0.15) is 40.2 Å². The summed E-state index contributed by atoms with van der Waals surface area (Å²) in [6.45, 7) is 2.46.